The summed E-state index contributed by atoms with van der Waals surface area (Å²) in [5.41, 5.74) is 1.24. The summed E-state index contributed by atoms with van der Waals surface area (Å²) in [6.45, 7) is 6.43. The monoisotopic (exact) mass is 356 g/mol. The van der Waals surface area contributed by atoms with Gasteiger partial charge >= 0.3 is 5.97 Å². The number of carbonyl (C=O) groups excluding carboxylic acids is 2. The van der Waals surface area contributed by atoms with Gasteiger partial charge in [0.1, 0.15) is 17.3 Å². The fourth-order valence-electron chi connectivity index (χ4n) is 2.33. The van der Waals surface area contributed by atoms with Crippen LogP contribution >= 0.6 is 0 Å². The molecule has 7 heteroatoms. The molecule has 7 nitrogen and oxygen atoms in total. The fourth-order valence-corrected chi connectivity index (χ4v) is 2.33. The van der Waals surface area contributed by atoms with Crippen molar-refractivity contribution in [3.63, 3.8) is 0 Å². The summed E-state index contributed by atoms with van der Waals surface area (Å²) in [6, 6.07) is 8.56. The number of unbranched alkanes of at least 4 members (excludes halogenated alkanes) is 1. The summed E-state index contributed by atoms with van der Waals surface area (Å²) >= 11 is 0. The lowest BCUT2D eigenvalue weighted by molar-refractivity contribution is 0.0527. The SMILES string of the molecule is CCCCNC(=O)c1cc(Nc2ccccc2C(=O)OCC)nc(C)n1. The van der Waals surface area contributed by atoms with Gasteiger partial charge in [-0.1, -0.05) is 25.5 Å². The van der Waals surface area contributed by atoms with E-state index in [0.29, 0.717) is 36.0 Å². The topological polar surface area (TPSA) is 93.2 Å². The lowest BCUT2D eigenvalue weighted by Gasteiger charge is -2.12. The summed E-state index contributed by atoms with van der Waals surface area (Å²) in [5.74, 6) is 0.240. The van der Waals surface area contributed by atoms with E-state index in [4.69, 9.17) is 4.74 Å². The van der Waals surface area contributed by atoms with E-state index in [0.717, 1.165) is 12.8 Å². The first kappa shape index (κ1) is 19.4. The molecular formula is C19H24N4O3. The number of anilines is 2. The first-order valence-corrected chi connectivity index (χ1v) is 8.72. The number of hydrogen-bond donors (Lipinski definition) is 2. The van der Waals surface area contributed by atoms with Crippen molar-refractivity contribution in [1.29, 1.82) is 0 Å². The van der Waals surface area contributed by atoms with Gasteiger partial charge in [0.2, 0.25) is 0 Å². The highest BCUT2D eigenvalue weighted by molar-refractivity contribution is 5.97. The third kappa shape index (κ3) is 5.27. The molecule has 2 rings (SSSR count). The molecule has 0 saturated heterocycles. The maximum atomic E-state index is 12.2. The van der Waals surface area contributed by atoms with Crippen LogP contribution in [0.4, 0.5) is 11.5 Å². The first-order chi connectivity index (χ1) is 12.5. The van der Waals surface area contributed by atoms with E-state index in [1.165, 1.54) is 0 Å². The number of aromatic nitrogens is 2. The Labute approximate surface area is 153 Å². The van der Waals surface area contributed by atoms with Crippen molar-refractivity contribution >= 4 is 23.4 Å². The Bertz CT molecular complexity index is 777. The molecule has 0 unspecified atom stereocenters. The molecule has 0 aliphatic rings. The van der Waals surface area contributed by atoms with Gasteiger partial charge in [0.15, 0.2) is 0 Å². The molecular weight excluding hydrogens is 332 g/mol. The molecule has 1 heterocycles. The van der Waals surface area contributed by atoms with Crippen LogP contribution in [-0.2, 0) is 4.74 Å². The van der Waals surface area contributed by atoms with Gasteiger partial charge in [-0.15, -0.1) is 0 Å². The molecule has 0 bridgehead atoms. The minimum atomic E-state index is -0.418. The van der Waals surface area contributed by atoms with Gasteiger partial charge < -0.3 is 15.4 Å². The minimum Gasteiger partial charge on any atom is -0.462 e. The largest absolute Gasteiger partial charge is 0.462 e. The van der Waals surface area contributed by atoms with Gasteiger partial charge in [0, 0.05) is 12.6 Å². The second kappa shape index (κ2) is 9.50. The second-order valence-corrected chi connectivity index (χ2v) is 5.69. The van der Waals surface area contributed by atoms with Crippen molar-refractivity contribution < 1.29 is 14.3 Å². The Balaban J connectivity index is 2.23. The minimum absolute atomic E-state index is 0.245. The maximum Gasteiger partial charge on any atom is 0.340 e. The molecule has 1 aromatic heterocycles. The van der Waals surface area contributed by atoms with Crippen molar-refractivity contribution in [3.8, 4) is 0 Å². The lowest BCUT2D eigenvalue weighted by Crippen LogP contribution is -2.25. The lowest BCUT2D eigenvalue weighted by atomic mass is 10.2. The van der Waals surface area contributed by atoms with Gasteiger partial charge in [0.05, 0.1) is 17.9 Å². The van der Waals surface area contributed by atoms with E-state index >= 15 is 0 Å². The molecule has 1 aromatic carbocycles. The number of ether oxygens (including phenoxy) is 1. The zero-order chi connectivity index (χ0) is 18.9. The molecule has 0 saturated carbocycles. The normalized spacial score (nSPS) is 10.3. The summed E-state index contributed by atoms with van der Waals surface area (Å²) in [7, 11) is 0. The molecule has 26 heavy (non-hydrogen) atoms. The molecule has 0 aliphatic carbocycles. The molecule has 1 amide bonds. The molecule has 0 spiro atoms. The van der Waals surface area contributed by atoms with Crippen LogP contribution in [0.2, 0.25) is 0 Å². The fraction of sp³-hybridized carbons (Fsp3) is 0.368. The number of aryl methyl sites for hydroxylation is 1. The van der Waals surface area contributed by atoms with E-state index in [2.05, 4.69) is 27.5 Å². The molecule has 138 valence electrons. The number of benzene rings is 1. The van der Waals surface area contributed by atoms with Crippen molar-refractivity contribution in [1.82, 2.24) is 15.3 Å². The molecule has 0 radical (unpaired) electrons. The molecule has 0 atom stereocenters. The number of nitrogens with one attached hydrogen (secondary N) is 2. The van der Waals surface area contributed by atoms with Crippen LogP contribution in [0, 0.1) is 6.92 Å². The van der Waals surface area contributed by atoms with E-state index < -0.39 is 5.97 Å². The van der Waals surface area contributed by atoms with E-state index in [1.54, 1.807) is 44.2 Å². The van der Waals surface area contributed by atoms with Crippen LogP contribution in [0.5, 0.6) is 0 Å². The predicted octanol–water partition coefficient (Wildman–Crippen LogP) is 3.24. The number of rotatable bonds is 8. The summed E-state index contributed by atoms with van der Waals surface area (Å²) < 4.78 is 5.07. The number of para-hydroxylation sites is 1. The average molecular weight is 356 g/mol. The second-order valence-electron chi connectivity index (χ2n) is 5.69. The Morgan fingerprint density at radius 1 is 1.15 bits per heavy atom. The Morgan fingerprint density at radius 3 is 2.65 bits per heavy atom. The van der Waals surface area contributed by atoms with Crippen LogP contribution in [0.25, 0.3) is 0 Å². The van der Waals surface area contributed by atoms with Gasteiger partial charge in [-0.2, -0.15) is 0 Å². The van der Waals surface area contributed by atoms with Crippen molar-refractivity contribution in [2.24, 2.45) is 0 Å². The summed E-state index contributed by atoms with van der Waals surface area (Å²) in [5, 5.41) is 5.92. The highest BCUT2D eigenvalue weighted by Gasteiger charge is 2.14. The third-order valence-electron chi connectivity index (χ3n) is 3.57. The smallest absolute Gasteiger partial charge is 0.340 e. The molecule has 2 aromatic rings. The van der Waals surface area contributed by atoms with Gasteiger partial charge in [-0.3, -0.25) is 4.79 Å². The van der Waals surface area contributed by atoms with Gasteiger partial charge in [0.25, 0.3) is 5.91 Å². The maximum absolute atomic E-state index is 12.2. The van der Waals surface area contributed by atoms with Crippen LogP contribution in [-0.4, -0.2) is 35.0 Å². The number of hydrogen-bond acceptors (Lipinski definition) is 6. The van der Waals surface area contributed by atoms with E-state index in [-0.39, 0.29) is 11.6 Å². The van der Waals surface area contributed by atoms with Crippen LogP contribution in [0.1, 0.15) is 53.4 Å². The Hall–Kier alpha value is -2.96. The Kier molecular flexibility index (Phi) is 7.08. The van der Waals surface area contributed by atoms with Gasteiger partial charge in [-0.25, -0.2) is 14.8 Å². The van der Waals surface area contributed by atoms with Gasteiger partial charge in [-0.05, 0) is 32.4 Å². The first-order valence-electron chi connectivity index (χ1n) is 8.72. The standard InChI is InChI=1S/C19H24N4O3/c1-4-6-11-20-18(24)16-12-17(22-13(3)21-16)23-15-10-8-7-9-14(15)19(25)26-5-2/h7-10,12H,4-6,11H2,1-3H3,(H,20,24)(H,21,22,23). The highest BCUT2D eigenvalue weighted by atomic mass is 16.5. The zero-order valence-corrected chi connectivity index (χ0v) is 15.3. The van der Waals surface area contributed by atoms with Crippen molar-refractivity contribution in [2.75, 3.05) is 18.5 Å². The number of amides is 1. The summed E-state index contributed by atoms with van der Waals surface area (Å²) in [6.07, 6.45) is 1.91. The van der Waals surface area contributed by atoms with Crippen LogP contribution in [0.15, 0.2) is 30.3 Å². The molecule has 0 aliphatic heterocycles. The number of esters is 1. The summed E-state index contributed by atoms with van der Waals surface area (Å²) in [4.78, 5) is 32.8. The number of nitrogens with zero attached hydrogens (tertiary/aromatic N) is 2. The van der Waals surface area contributed by atoms with Crippen molar-refractivity contribution in [2.45, 2.75) is 33.6 Å². The Morgan fingerprint density at radius 2 is 1.92 bits per heavy atom. The number of carbonyl (C=O) groups is 2. The van der Waals surface area contributed by atoms with E-state index in [1.807, 2.05) is 0 Å². The average Bonchev–Trinajstić information content (AvgIpc) is 2.62. The molecule has 0 fully saturated rings. The van der Waals surface area contributed by atoms with Crippen molar-refractivity contribution in [3.05, 3.63) is 47.4 Å². The highest BCUT2D eigenvalue weighted by Crippen LogP contribution is 2.21. The predicted molar refractivity (Wildman–Crippen MR) is 99.7 cm³/mol. The molecule has 2 N–H and O–H groups in total. The third-order valence-corrected chi connectivity index (χ3v) is 3.57. The zero-order valence-electron chi connectivity index (χ0n) is 15.3. The van der Waals surface area contributed by atoms with E-state index in [9.17, 15) is 9.59 Å². The van der Waals surface area contributed by atoms with Crippen LogP contribution in [0.3, 0.4) is 0 Å². The quantitative estimate of drug-likeness (QED) is 0.557. The van der Waals surface area contributed by atoms with Crippen LogP contribution < -0.4 is 10.6 Å².